The van der Waals surface area contributed by atoms with E-state index >= 15 is 0 Å². The number of aryl methyl sites for hydroxylation is 1. The maximum absolute atomic E-state index is 13.5. The van der Waals surface area contributed by atoms with Crippen molar-refractivity contribution in [2.24, 2.45) is 0 Å². The van der Waals surface area contributed by atoms with Crippen LogP contribution >= 0.6 is 0 Å². The molecule has 2 rings (SSSR count). The van der Waals surface area contributed by atoms with E-state index in [2.05, 4.69) is 0 Å². The Morgan fingerprint density at radius 2 is 2.20 bits per heavy atom. The molecule has 0 spiro atoms. The first-order chi connectivity index (χ1) is 9.47. The lowest BCUT2D eigenvalue weighted by atomic mass is 10.1. The molecule has 0 atom stereocenters. The molecule has 0 unspecified atom stereocenters. The van der Waals surface area contributed by atoms with Crippen molar-refractivity contribution in [1.82, 2.24) is 4.90 Å². The number of hydrogen-bond acceptors (Lipinski definition) is 3. The first-order valence-electron chi connectivity index (χ1n) is 6.11. The van der Waals surface area contributed by atoms with E-state index in [1.807, 2.05) is 0 Å². The van der Waals surface area contributed by atoms with Crippen LogP contribution in [-0.4, -0.2) is 35.0 Å². The van der Waals surface area contributed by atoms with Gasteiger partial charge in [0.15, 0.2) is 0 Å². The van der Waals surface area contributed by atoms with Gasteiger partial charge in [-0.15, -0.1) is 0 Å². The number of amides is 1. The average molecular weight is 279 g/mol. The maximum Gasteiger partial charge on any atom is 0.334 e. The fraction of sp³-hybridized carbons (Fsp3) is 0.286. The first-order valence-corrected chi connectivity index (χ1v) is 6.11. The number of rotatable bonds is 3. The fourth-order valence-electron chi connectivity index (χ4n) is 1.94. The predicted molar refractivity (Wildman–Crippen MR) is 69.4 cm³/mol. The van der Waals surface area contributed by atoms with E-state index < -0.39 is 11.8 Å². The van der Waals surface area contributed by atoms with Gasteiger partial charge >= 0.3 is 5.97 Å². The molecule has 6 heteroatoms. The monoisotopic (exact) mass is 279 g/mol. The highest BCUT2D eigenvalue weighted by atomic mass is 19.1. The number of carbonyl (C=O) groups is 2. The van der Waals surface area contributed by atoms with Gasteiger partial charge in [-0.1, -0.05) is 0 Å². The van der Waals surface area contributed by atoms with E-state index in [9.17, 15) is 14.0 Å². The molecule has 1 aromatic heterocycles. The number of carbonyl (C=O) groups excluding carboxylic acids is 1. The van der Waals surface area contributed by atoms with E-state index in [-0.39, 0.29) is 31.0 Å². The van der Waals surface area contributed by atoms with Crippen LogP contribution in [0.25, 0.3) is 6.08 Å². The number of nitrogens with zero attached hydrogens (tertiary/aromatic N) is 1. The molecule has 0 bridgehead atoms. The third kappa shape index (κ3) is 3.14. The highest BCUT2D eigenvalue weighted by Crippen LogP contribution is 2.19. The van der Waals surface area contributed by atoms with Crippen LogP contribution in [0.1, 0.15) is 17.9 Å². The summed E-state index contributed by atoms with van der Waals surface area (Å²) in [6, 6.07) is 3.49. The summed E-state index contributed by atoms with van der Waals surface area (Å²) in [6.07, 6.45) is 2.81. The van der Waals surface area contributed by atoms with Gasteiger partial charge in [-0.2, -0.15) is 0 Å². The van der Waals surface area contributed by atoms with Gasteiger partial charge < -0.3 is 14.4 Å². The number of furan rings is 1. The predicted octanol–water partition coefficient (Wildman–Crippen LogP) is 2.14. The van der Waals surface area contributed by atoms with Crippen molar-refractivity contribution in [2.45, 2.75) is 13.3 Å². The zero-order valence-corrected chi connectivity index (χ0v) is 10.9. The first kappa shape index (κ1) is 14.0. The molecule has 2 heterocycles. The van der Waals surface area contributed by atoms with Crippen molar-refractivity contribution in [3.63, 3.8) is 0 Å². The van der Waals surface area contributed by atoms with Crippen LogP contribution in [0.15, 0.2) is 34.0 Å². The van der Waals surface area contributed by atoms with Crippen LogP contribution in [0.4, 0.5) is 4.39 Å². The fourth-order valence-corrected chi connectivity index (χ4v) is 1.94. The van der Waals surface area contributed by atoms with Gasteiger partial charge in [0.2, 0.25) is 5.91 Å². The Morgan fingerprint density at radius 1 is 1.45 bits per heavy atom. The second-order valence-electron chi connectivity index (χ2n) is 4.48. The summed E-state index contributed by atoms with van der Waals surface area (Å²) in [4.78, 5) is 23.8. The maximum atomic E-state index is 13.5. The smallest absolute Gasteiger partial charge is 0.334 e. The summed E-state index contributed by atoms with van der Waals surface area (Å²) in [5.74, 6) is -1.14. The van der Waals surface area contributed by atoms with E-state index in [0.717, 1.165) is 5.76 Å². The van der Waals surface area contributed by atoms with E-state index in [1.165, 1.54) is 17.1 Å². The standard InChI is InChI=1S/C14H14FNO4/c1-9-2-3-10(20-9)4-5-13(17)16-7-6-11(14(18)19)12(15)8-16/h2-5H,6-8H2,1H3,(H,18,19)/b5-4+. The topological polar surface area (TPSA) is 70.8 Å². The average Bonchev–Trinajstić information content (AvgIpc) is 2.81. The molecule has 1 N–H and O–H groups in total. The van der Waals surface area contributed by atoms with Crippen molar-refractivity contribution in [3.8, 4) is 0 Å². The Hall–Kier alpha value is -2.37. The third-order valence-electron chi connectivity index (χ3n) is 3.01. The quantitative estimate of drug-likeness (QED) is 0.860. The summed E-state index contributed by atoms with van der Waals surface area (Å²) < 4.78 is 18.8. The number of aliphatic carboxylic acids is 1. The molecule has 5 nitrogen and oxygen atoms in total. The lowest BCUT2D eigenvalue weighted by Gasteiger charge is -2.25. The molecular weight excluding hydrogens is 265 g/mol. The summed E-state index contributed by atoms with van der Waals surface area (Å²) in [6.45, 7) is 1.68. The number of hydrogen-bond donors (Lipinski definition) is 1. The zero-order chi connectivity index (χ0) is 14.7. The van der Waals surface area contributed by atoms with Crippen LogP contribution in [0.2, 0.25) is 0 Å². The summed E-state index contributed by atoms with van der Waals surface area (Å²) in [7, 11) is 0. The van der Waals surface area contributed by atoms with Gasteiger partial charge in [-0.3, -0.25) is 4.79 Å². The Morgan fingerprint density at radius 3 is 2.75 bits per heavy atom. The van der Waals surface area contributed by atoms with E-state index in [0.29, 0.717) is 5.76 Å². The lowest BCUT2D eigenvalue weighted by molar-refractivity contribution is -0.134. The van der Waals surface area contributed by atoms with Crippen LogP contribution in [-0.2, 0) is 9.59 Å². The molecule has 1 aliphatic rings. The second-order valence-corrected chi connectivity index (χ2v) is 4.48. The third-order valence-corrected chi connectivity index (χ3v) is 3.01. The molecule has 0 fully saturated rings. The van der Waals surface area contributed by atoms with Gasteiger partial charge in [0.1, 0.15) is 17.3 Å². The Balaban J connectivity index is 2.01. The molecule has 20 heavy (non-hydrogen) atoms. The highest BCUT2D eigenvalue weighted by Gasteiger charge is 2.25. The van der Waals surface area contributed by atoms with Crippen molar-refractivity contribution >= 4 is 18.0 Å². The van der Waals surface area contributed by atoms with E-state index in [1.54, 1.807) is 19.1 Å². The molecule has 0 saturated heterocycles. The van der Waals surface area contributed by atoms with Gasteiger partial charge in [0, 0.05) is 12.6 Å². The number of halogens is 1. The van der Waals surface area contributed by atoms with Crippen molar-refractivity contribution in [2.75, 3.05) is 13.1 Å². The van der Waals surface area contributed by atoms with Crippen LogP contribution in [0.3, 0.4) is 0 Å². The van der Waals surface area contributed by atoms with E-state index in [4.69, 9.17) is 9.52 Å². The summed E-state index contributed by atoms with van der Waals surface area (Å²) in [5.41, 5.74) is -0.250. The Bertz CT molecular complexity index is 600. The van der Waals surface area contributed by atoms with Crippen molar-refractivity contribution in [1.29, 1.82) is 0 Å². The van der Waals surface area contributed by atoms with Gasteiger partial charge in [0.05, 0.1) is 12.1 Å². The van der Waals surface area contributed by atoms with Gasteiger partial charge in [0.25, 0.3) is 0 Å². The minimum Gasteiger partial charge on any atom is -0.478 e. The summed E-state index contributed by atoms with van der Waals surface area (Å²) in [5, 5.41) is 8.76. The normalized spacial score (nSPS) is 16.0. The summed E-state index contributed by atoms with van der Waals surface area (Å²) >= 11 is 0. The lowest BCUT2D eigenvalue weighted by Crippen LogP contribution is -2.36. The second kappa shape index (κ2) is 5.73. The van der Waals surface area contributed by atoms with Crippen LogP contribution < -0.4 is 0 Å². The van der Waals surface area contributed by atoms with Gasteiger partial charge in [-0.25, -0.2) is 9.18 Å². The van der Waals surface area contributed by atoms with Gasteiger partial charge in [-0.05, 0) is 31.6 Å². The molecule has 0 saturated carbocycles. The minimum atomic E-state index is -1.27. The largest absolute Gasteiger partial charge is 0.478 e. The molecule has 0 aliphatic carbocycles. The number of carboxylic acids is 1. The SMILES string of the molecule is Cc1ccc(/C=C/C(=O)N2CCC(C(=O)O)=C(F)C2)o1. The molecular formula is C14H14FNO4. The molecule has 0 radical (unpaired) electrons. The van der Waals surface area contributed by atoms with Crippen molar-refractivity contribution in [3.05, 3.63) is 41.1 Å². The van der Waals surface area contributed by atoms with Crippen LogP contribution in [0, 0.1) is 6.92 Å². The highest BCUT2D eigenvalue weighted by molar-refractivity contribution is 5.93. The molecule has 1 aromatic rings. The van der Waals surface area contributed by atoms with Crippen molar-refractivity contribution < 1.29 is 23.5 Å². The molecule has 1 amide bonds. The Labute approximate surface area is 115 Å². The molecule has 0 aromatic carbocycles. The molecule has 106 valence electrons. The van der Waals surface area contributed by atoms with Crippen LogP contribution in [0.5, 0.6) is 0 Å². The molecule has 1 aliphatic heterocycles. The number of carboxylic acid groups (broad SMARTS) is 1. The zero-order valence-electron chi connectivity index (χ0n) is 10.9. The Kier molecular flexibility index (Phi) is 4.02. The minimum absolute atomic E-state index is 0.0145.